The number of pyridine rings is 2. The number of rotatable bonds is 6. The highest BCUT2D eigenvalue weighted by Gasteiger charge is 2.25. The Morgan fingerprint density at radius 1 is 0.381 bits per heavy atom. The average molecular weight is 840 g/mol. The second kappa shape index (κ2) is 14.3. The van der Waals surface area contributed by atoms with Crippen molar-refractivity contribution in [2.75, 3.05) is 0 Å². The smallest absolute Gasteiger partial charge is 0.0972 e. The summed E-state index contributed by atoms with van der Waals surface area (Å²) in [6.45, 7) is 0. The van der Waals surface area contributed by atoms with Crippen LogP contribution in [0, 0.1) is 0 Å². The number of hydrogen-bond donors (Lipinski definition) is 0. The van der Waals surface area contributed by atoms with Crippen LogP contribution in [0.3, 0.4) is 0 Å². The van der Waals surface area contributed by atoms with E-state index in [4.69, 9.17) is 18.7 Å². The first-order valence-corrected chi connectivity index (χ1v) is 20.4. The molecule has 3 heteroatoms. The number of aromatic nitrogens is 2. The van der Waals surface area contributed by atoms with Gasteiger partial charge in [-0.3, -0.25) is 4.98 Å². The quantitative estimate of drug-likeness (QED) is 0.156. The molecule has 0 spiro atoms. The van der Waals surface area contributed by atoms with Gasteiger partial charge in [0.2, 0.25) is 0 Å². The molecule has 0 N–H and O–H groups in total. The molecule has 0 aliphatic heterocycles. The third-order valence-electron chi connectivity index (χ3n) is 11.2. The Morgan fingerprint density at radius 2 is 1.00 bits per heavy atom. The van der Waals surface area contributed by atoms with Crippen molar-refractivity contribution in [2.45, 2.75) is 0 Å². The van der Waals surface area contributed by atoms with Gasteiger partial charge in [0, 0.05) is 49.0 Å². The fourth-order valence-corrected chi connectivity index (χ4v) is 9.72. The Kier molecular flexibility index (Phi) is 4.50. The van der Waals surface area contributed by atoms with Crippen LogP contribution in [0.15, 0.2) is 218 Å². The van der Waals surface area contributed by atoms with Crippen molar-refractivity contribution in [3.8, 4) is 65.5 Å². The third-order valence-corrected chi connectivity index (χ3v) is 12.4. The Hall–Kier alpha value is -7.98. The summed E-state index contributed by atoms with van der Waals surface area (Å²) in [5.41, 5.74) is -1.33. The van der Waals surface area contributed by atoms with Gasteiger partial charge < -0.3 is 0 Å². The van der Waals surface area contributed by atoms with E-state index in [-0.39, 0.29) is 21.9 Å². The monoisotopic (exact) mass is 839 g/mol. The molecule has 13 rings (SSSR count). The number of benzene rings is 10. The van der Waals surface area contributed by atoms with Gasteiger partial charge in [0.1, 0.15) is 0 Å². The molecule has 13 aromatic rings. The highest BCUT2D eigenvalue weighted by atomic mass is 32.1. The van der Waals surface area contributed by atoms with Crippen molar-refractivity contribution in [1.29, 1.82) is 0 Å². The van der Waals surface area contributed by atoms with Gasteiger partial charge >= 0.3 is 0 Å². The first-order valence-electron chi connectivity index (χ1n) is 31.1. The molecule has 0 saturated carbocycles. The molecule has 63 heavy (non-hydrogen) atoms. The van der Waals surface area contributed by atoms with Gasteiger partial charge in [-0.25, -0.2) is 4.98 Å². The van der Waals surface area contributed by atoms with Crippen LogP contribution in [0.25, 0.3) is 130 Å². The summed E-state index contributed by atoms with van der Waals surface area (Å²) < 4.78 is 214. The van der Waals surface area contributed by atoms with Crippen LogP contribution >= 0.6 is 11.3 Å². The van der Waals surface area contributed by atoms with E-state index in [1.165, 1.54) is 0 Å². The van der Waals surface area contributed by atoms with E-state index < -0.39 is 204 Å². The molecule has 3 aromatic heterocycles. The zero-order valence-corrected chi connectivity index (χ0v) is 33.1. The van der Waals surface area contributed by atoms with Crippen molar-refractivity contribution in [3.05, 3.63) is 218 Å². The Balaban J connectivity index is 1.23. The third kappa shape index (κ3) is 5.71. The molecule has 10 aromatic carbocycles. The molecule has 3 heterocycles. The molecular formula is C60H36N2S. The van der Waals surface area contributed by atoms with E-state index in [1.54, 1.807) is 42.6 Å². The van der Waals surface area contributed by atoms with Crippen LogP contribution in [0.1, 0.15) is 31.5 Å². The first kappa shape index (κ1) is 19.8. The summed E-state index contributed by atoms with van der Waals surface area (Å²) in [7, 11) is 0. The highest BCUT2D eigenvalue weighted by Crippen LogP contribution is 2.54. The van der Waals surface area contributed by atoms with Crippen molar-refractivity contribution >= 4 is 76.2 Å². The maximum absolute atomic E-state index is 10.4. The fourth-order valence-electron chi connectivity index (χ4n) is 8.45. The maximum atomic E-state index is 10.4. The van der Waals surface area contributed by atoms with Crippen molar-refractivity contribution in [1.82, 2.24) is 9.97 Å². The van der Waals surface area contributed by atoms with Gasteiger partial charge in [0.05, 0.1) is 48.3 Å². The van der Waals surface area contributed by atoms with E-state index in [9.17, 15) is 17.8 Å². The summed E-state index contributed by atoms with van der Waals surface area (Å²) in [5, 5.41) is 0.417. The Bertz CT molecular complexity index is 5210. The lowest BCUT2D eigenvalue weighted by Gasteiger charge is -2.16. The molecule has 0 atom stereocenters. The van der Waals surface area contributed by atoms with E-state index in [1.807, 2.05) is 36.4 Å². The normalized spacial score (nSPS) is 16.9. The van der Waals surface area contributed by atoms with Crippen molar-refractivity contribution in [3.63, 3.8) is 0 Å². The van der Waals surface area contributed by atoms with E-state index >= 15 is 0 Å². The van der Waals surface area contributed by atoms with Crippen LogP contribution in [-0.4, -0.2) is 9.97 Å². The van der Waals surface area contributed by atoms with Gasteiger partial charge in [-0.1, -0.05) is 194 Å². The Morgan fingerprint density at radius 3 is 1.81 bits per heavy atom. The lowest BCUT2D eigenvalue weighted by Crippen LogP contribution is -1.91. The topological polar surface area (TPSA) is 25.8 Å². The molecular weight excluding hydrogens is 781 g/mol. The molecule has 0 aliphatic carbocycles. The second-order valence-electron chi connectivity index (χ2n) is 14.6. The summed E-state index contributed by atoms with van der Waals surface area (Å²) in [5.74, 6) is 0. The fraction of sp³-hybridized carbons (Fsp3) is 0. The minimum Gasteiger partial charge on any atom is -0.254 e. The van der Waals surface area contributed by atoms with Gasteiger partial charge in [0.15, 0.2) is 0 Å². The molecule has 2 nitrogen and oxygen atoms in total. The molecule has 0 bridgehead atoms. The number of fused-ring (bicyclic) bond motifs is 4. The summed E-state index contributed by atoms with van der Waals surface area (Å²) in [6, 6.07) is 2.91. The molecule has 0 unspecified atom stereocenters. The molecule has 0 saturated heterocycles. The minimum atomic E-state index is -0.936. The highest BCUT2D eigenvalue weighted by molar-refractivity contribution is 7.20. The molecule has 0 amide bonds. The summed E-state index contributed by atoms with van der Waals surface area (Å²) in [6.07, 6.45) is 1.67. The molecule has 0 aliphatic rings. The SMILES string of the molecule is [2H]c1c([2H])c([2H])c(-c2sc(-c3c([2H])c([2H])c4c([2H])c([2H])c5c([2H])c([2H])c([2H])c6c([2H])c([2H])c3c4c56)c(-c3c([2H])c([2H])c([2H])c([2H])c3[2H])c2-c2c([2H])c([2H])c([2H])c(-c3ccc(-c4ccc5ccc6cccnc6c5n4)c4ccccc34)c2[2H])c([2H])c1[2H]. The van der Waals surface area contributed by atoms with Gasteiger partial charge in [-0.05, 0) is 89.1 Å². The largest absolute Gasteiger partial charge is 0.254 e. The predicted octanol–water partition coefficient (Wildman–Crippen LogP) is 16.9. The van der Waals surface area contributed by atoms with Crippen molar-refractivity contribution < 1.29 is 31.5 Å². The van der Waals surface area contributed by atoms with Crippen LogP contribution in [-0.2, 0) is 0 Å². The maximum Gasteiger partial charge on any atom is 0.0972 e. The average Bonchev–Trinajstić information content (AvgIpc) is 1.03. The van der Waals surface area contributed by atoms with E-state index in [0.29, 0.717) is 44.4 Å². The minimum absolute atomic E-state index is 0.172. The molecule has 0 radical (unpaired) electrons. The van der Waals surface area contributed by atoms with Crippen LogP contribution in [0.2, 0.25) is 0 Å². The zero-order chi connectivity index (χ0) is 61.4. The Labute approximate surface area is 400 Å². The van der Waals surface area contributed by atoms with Crippen LogP contribution < -0.4 is 0 Å². The number of thiophene rings is 1. The predicted molar refractivity (Wildman–Crippen MR) is 269 cm³/mol. The van der Waals surface area contributed by atoms with Gasteiger partial charge in [0.25, 0.3) is 0 Å². The van der Waals surface area contributed by atoms with Crippen molar-refractivity contribution in [2.24, 2.45) is 0 Å². The summed E-state index contributed by atoms with van der Waals surface area (Å²) >= 11 is 0.457. The van der Waals surface area contributed by atoms with Crippen LogP contribution in [0.4, 0.5) is 0 Å². The zero-order valence-electron chi connectivity index (χ0n) is 55.3. The summed E-state index contributed by atoms with van der Waals surface area (Å²) in [4.78, 5) is 8.76. The lowest BCUT2D eigenvalue weighted by molar-refractivity contribution is 1.37. The van der Waals surface area contributed by atoms with E-state index in [0.717, 1.165) is 10.8 Å². The van der Waals surface area contributed by atoms with Gasteiger partial charge in [-0.2, -0.15) is 0 Å². The first-order chi connectivity index (χ1) is 40.8. The molecule has 292 valence electrons. The molecule has 0 fully saturated rings. The van der Waals surface area contributed by atoms with E-state index in [2.05, 4.69) is 4.98 Å². The number of hydrogen-bond acceptors (Lipinski definition) is 3. The van der Waals surface area contributed by atoms with Gasteiger partial charge in [-0.15, -0.1) is 11.3 Å². The lowest BCUT2D eigenvalue weighted by atomic mass is 9.87. The van der Waals surface area contributed by atoms with Crippen LogP contribution in [0.5, 0.6) is 0 Å². The number of nitrogens with zero attached hydrogens (tertiary/aromatic N) is 2. The standard InChI is InChI=1S/C60H36N2S/c1-3-12-37(13-4-1)55-56(59(43-14-5-2-6-15-43)63-60(55)51-31-28-40-24-23-38-16-9-17-39-27-30-50(51)54(40)53(38)39)45-19-10-18-44(36-45)46-32-33-49(48-22-8-7-21-47(46)48)52-34-29-42-26-25-41-20-11-35-61-57(41)58(42)62-52/h1-36H/i1D,2D,3D,4D,5D,6D,9D,10D,12D,13D,14D,15D,16D,17D,18D,19D,23D,24D,27D,28D,30D,31D,36D. The second-order valence-corrected chi connectivity index (χ2v) is 15.6.